The number of hydrogen-bond donors (Lipinski definition) is 1. The SMILES string of the molecule is Cc1nnc(NC(=O)[C@@H]2c3ccccc3C(=O)N(Cc3ccccc3)C23CCCC3)s1. The van der Waals surface area contributed by atoms with E-state index in [1.165, 1.54) is 11.3 Å². The maximum atomic E-state index is 13.7. The topological polar surface area (TPSA) is 75.2 Å². The van der Waals surface area contributed by atoms with Crippen LogP contribution in [0, 0.1) is 6.92 Å². The van der Waals surface area contributed by atoms with E-state index >= 15 is 0 Å². The van der Waals surface area contributed by atoms with Gasteiger partial charge >= 0.3 is 0 Å². The molecule has 158 valence electrons. The standard InChI is InChI=1S/C24H24N4O2S/c1-16-26-27-23(31-16)25-21(29)20-18-11-5-6-12-19(18)22(30)28(24(20)13-7-8-14-24)15-17-9-3-2-4-10-17/h2-6,9-12,20H,7-8,13-15H2,1H3,(H,25,27,29)/t20-/m0/s1. The molecule has 1 N–H and O–H groups in total. The molecule has 2 amide bonds. The van der Waals surface area contributed by atoms with Crippen molar-refractivity contribution in [1.82, 2.24) is 15.1 Å². The normalized spacial score (nSPS) is 19.5. The molecule has 2 aliphatic rings. The van der Waals surface area contributed by atoms with E-state index < -0.39 is 11.5 Å². The van der Waals surface area contributed by atoms with E-state index in [1.54, 1.807) is 0 Å². The fourth-order valence-corrected chi connectivity index (χ4v) is 5.78. The van der Waals surface area contributed by atoms with E-state index in [1.807, 2.05) is 66.4 Å². The Morgan fingerprint density at radius 2 is 1.81 bits per heavy atom. The second-order valence-corrected chi connectivity index (χ2v) is 9.50. The smallest absolute Gasteiger partial charge is 0.254 e. The van der Waals surface area contributed by atoms with Crippen LogP contribution >= 0.6 is 11.3 Å². The molecule has 0 unspecified atom stereocenters. The fraction of sp³-hybridized carbons (Fsp3) is 0.333. The van der Waals surface area contributed by atoms with Gasteiger partial charge in [0, 0.05) is 12.1 Å². The van der Waals surface area contributed by atoms with Crippen molar-refractivity contribution in [3.8, 4) is 0 Å². The summed E-state index contributed by atoms with van der Waals surface area (Å²) < 4.78 is 0. The van der Waals surface area contributed by atoms with Crippen LogP contribution in [-0.2, 0) is 11.3 Å². The Kier molecular flexibility index (Phi) is 5.06. The summed E-state index contributed by atoms with van der Waals surface area (Å²) in [6.07, 6.45) is 3.63. The monoisotopic (exact) mass is 432 g/mol. The highest BCUT2D eigenvalue weighted by atomic mass is 32.1. The van der Waals surface area contributed by atoms with Crippen LogP contribution in [0.15, 0.2) is 54.6 Å². The van der Waals surface area contributed by atoms with E-state index in [4.69, 9.17) is 0 Å². The molecule has 7 heteroatoms. The van der Waals surface area contributed by atoms with Crippen molar-refractivity contribution in [2.75, 3.05) is 5.32 Å². The van der Waals surface area contributed by atoms with Crippen molar-refractivity contribution in [2.24, 2.45) is 0 Å². The lowest BCUT2D eigenvalue weighted by atomic mass is 9.71. The molecular formula is C24H24N4O2S. The third-order valence-electron chi connectivity index (χ3n) is 6.49. The van der Waals surface area contributed by atoms with Crippen LogP contribution in [0.3, 0.4) is 0 Å². The average Bonchev–Trinajstić information content (AvgIpc) is 3.42. The summed E-state index contributed by atoms with van der Waals surface area (Å²) in [5.74, 6) is -0.551. The number of nitrogens with one attached hydrogen (secondary N) is 1. The Morgan fingerprint density at radius 1 is 1.10 bits per heavy atom. The number of carbonyl (C=O) groups excluding carboxylic acids is 2. The number of hydrogen-bond acceptors (Lipinski definition) is 5. The Labute approximate surface area is 185 Å². The maximum absolute atomic E-state index is 13.7. The molecule has 1 spiro atoms. The average molecular weight is 433 g/mol. The van der Waals surface area contributed by atoms with Crippen molar-refractivity contribution in [2.45, 2.75) is 50.6 Å². The number of aromatic nitrogens is 2. The minimum Gasteiger partial charge on any atom is -0.327 e. The molecule has 1 saturated carbocycles. The fourth-order valence-electron chi connectivity index (χ4n) is 5.19. The van der Waals surface area contributed by atoms with Gasteiger partial charge in [0.15, 0.2) is 0 Å². The first-order chi connectivity index (χ1) is 15.1. The maximum Gasteiger partial charge on any atom is 0.254 e. The molecular weight excluding hydrogens is 408 g/mol. The first-order valence-electron chi connectivity index (χ1n) is 10.6. The van der Waals surface area contributed by atoms with Gasteiger partial charge in [0.05, 0.1) is 11.5 Å². The van der Waals surface area contributed by atoms with Crippen molar-refractivity contribution >= 4 is 28.3 Å². The van der Waals surface area contributed by atoms with E-state index in [2.05, 4.69) is 15.5 Å². The summed E-state index contributed by atoms with van der Waals surface area (Å²) in [4.78, 5) is 29.3. The second kappa shape index (κ2) is 7.89. The zero-order valence-electron chi connectivity index (χ0n) is 17.4. The first kappa shape index (κ1) is 19.9. The highest BCUT2D eigenvalue weighted by Gasteiger charge is 2.55. The van der Waals surface area contributed by atoms with Crippen molar-refractivity contribution in [3.05, 3.63) is 76.3 Å². The number of benzene rings is 2. The number of anilines is 1. The largest absolute Gasteiger partial charge is 0.327 e. The minimum absolute atomic E-state index is 0.0113. The van der Waals surface area contributed by atoms with Crippen molar-refractivity contribution in [1.29, 1.82) is 0 Å². The van der Waals surface area contributed by atoms with Crippen LogP contribution in [0.4, 0.5) is 5.13 Å². The number of rotatable bonds is 4. The molecule has 2 aromatic carbocycles. The molecule has 1 aliphatic heterocycles. The highest BCUT2D eigenvalue weighted by molar-refractivity contribution is 7.15. The number of carbonyl (C=O) groups is 2. The predicted octanol–water partition coefficient (Wildman–Crippen LogP) is 4.54. The summed E-state index contributed by atoms with van der Waals surface area (Å²) in [6, 6.07) is 17.6. The Balaban J connectivity index is 1.60. The summed E-state index contributed by atoms with van der Waals surface area (Å²) in [6.45, 7) is 2.36. The Bertz CT molecular complexity index is 1120. The van der Waals surface area contributed by atoms with Crippen LogP contribution in [0.2, 0.25) is 0 Å². The van der Waals surface area contributed by atoms with Gasteiger partial charge in [-0.05, 0) is 37.0 Å². The molecule has 1 aliphatic carbocycles. The van der Waals surface area contributed by atoms with Crippen LogP contribution < -0.4 is 5.32 Å². The zero-order chi connectivity index (χ0) is 21.4. The Hall–Kier alpha value is -3.06. The molecule has 3 aromatic rings. The quantitative estimate of drug-likeness (QED) is 0.657. The summed E-state index contributed by atoms with van der Waals surface area (Å²) in [5, 5.41) is 12.4. The third kappa shape index (κ3) is 3.43. The number of amides is 2. The minimum atomic E-state index is -0.537. The molecule has 1 aromatic heterocycles. The molecule has 1 atom stereocenters. The summed E-state index contributed by atoms with van der Waals surface area (Å²) >= 11 is 1.36. The number of fused-ring (bicyclic) bond motifs is 1. The van der Waals surface area contributed by atoms with Gasteiger partial charge in [0.25, 0.3) is 5.91 Å². The third-order valence-corrected chi connectivity index (χ3v) is 7.25. The van der Waals surface area contributed by atoms with Gasteiger partial charge in [-0.3, -0.25) is 14.9 Å². The Morgan fingerprint density at radius 3 is 2.52 bits per heavy atom. The van der Waals surface area contributed by atoms with Crippen LogP contribution in [0.1, 0.15) is 58.1 Å². The van der Waals surface area contributed by atoms with Gasteiger partial charge < -0.3 is 4.90 Å². The molecule has 6 nitrogen and oxygen atoms in total. The number of nitrogens with zero attached hydrogens (tertiary/aromatic N) is 3. The van der Waals surface area contributed by atoms with E-state index in [0.717, 1.165) is 41.8 Å². The van der Waals surface area contributed by atoms with Crippen LogP contribution in [0.5, 0.6) is 0 Å². The van der Waals surface area contributed by atoms with E-state index in [0.29, 0.717) is 17.2 Å². The van der Waals surface area contributed by atoms with Crippen LogP contribution in [0.25, 0.3) is 0 Å². The van der Waals surface area contributed by atoms with E-state index in [9.17, 15) is 9.59 Å². The van der Waals surface area contributed by atoms with Gasteiger partial charge in [0.2, 0.25) is 11.0 Å². The van der Waals surface area contributed by atoms with Gasteiger partial charge in [-0.15, -0.1) is 10.2 Å². The predicted molar refractivity (Wildman–Crippen MR) is 120 cm³/mol. The highest BCUT2D eigenvalue weighted by Crippen LogP contribution is 2.51. The van der Waals surface area contributed by atoms with Crippen molar-refractivity contribution < 1.29 is 9.59 Å². The summed E-state index contributed by atoms with van der Waals surface area (Å²) in [7, 11) is 0. The van der Waals surface area contributed by atoms with Crippen molar-refractivity contribution in [3.63, 3.8) is 0 Å². The van der Waals surface area contributed by atoms with Gasteiger partial charge in [0.1, 0.15) is 5.01 Å². The molecule has 1 fully saturated rings. The molecule has 5 rings (SSSR count). The van der Waals surface area contributed by atoms with E-state index in [-0.39, 0.29) is 11.8 Å². The lowest BCUT2D eigenvalue weighted by Gasteiger charge is -2.50. The molecule has 0 bridgehead atoms. The zero-order valence-corrected chi connectivity index (χ0v) is 18.2. The van der Waals surface area contributed by atoms with Gasteiger partial charge in [-0.1, -0.05) is 72.7 Å². The van der Waals surface area contributed by atoms with Gasteiger partial charge in [-0.2, -0.15) is 0 Å². The lowest BCUT2D eigenvalue weighted by Crippen LogP contribution is -2.59. The molecule has 0 saturated heterocycles. The second-order valence-electron chi connectivity index (χ2n) is 8.32. The number of aryl methyl sites for hydroxylation is 1. The van der Waals surface area contributed by atoms with Crippen LogP contribution in [-0.4, -0.2) is 32.5 Å². The van der Waals surface area contributed by atoms with Gasteiger partial charge in [-0.25, -0.2) is 0 Å². The lowest BCUT2D eigenvalue weighted by molar-refractivity contribution is -0.121. The first-order valence-corrected chi connectivity index (χ1v) is 11.5. The molecule has 31 heavy (non-hydrogen) atoms. The molecule has 2 heterocycles. The molecule has 0 radical (unpaired) electrons. The summed E-state index contributed by atoms with van der Waals surface area (Å²) in [5.41, 5.74) is 1.97.